The van der Waals surface area contributed by atoms with Gasteiger partial charge in [-0.1, -0.05) is 23.9 Å². The van der Waals surface area contributed by atoms with Crippen LogP contribution in [0.1, 0.15) is 6.42 Å². The minimum Gasteiger partial charge on any atom is -0.469 e. The number of halogens is 3. The van der Waals surface area contributed by atoms with Crippen LogP contribution in [0.2, 0.25) is 0 Å². The van der Waals surface area contributed by atoms with Gasteiger partial charge in [-0.2, -0.15) is 13.2 Å². The zero-order valence-corrected chi connectivity index (χ0v) is 15.0. The first-order valence-corrected chi connectivity index (χ1v) is 8.72. The van der Waals surface area contributed by atoms with Crippen LogP contribution in [0, 0.1) is 0 Å². The summed E-state index contributed by atoms with van der Waals surface area (Å²) in [6.45, 7) is -1.47. The van der Waals surface area contributed by atoms with Crippen molar-refractivity contribution in [2.45, 2.75) is 24.3 Å². The Labute approximate surface area is 155 Å². The predicted molar refractivity (Wildman–Crippen MR) is 92.4 cm³/mol. The van der Waals surface area contributed by atoms with Gasteiger partial charge in [0.1, 0.15) is 6.54 Å². The average molecular weight is 403 g/mol. The van der Waals surface area contributed by atoms with E-state index in [0.717, 1.165) is 11.8 Å². The lowest BCUT2D eigenvalue weighted by molar-refractivity contribution is -0.140. The molecular formula is C16H16F3N3O4S. The number of carbonyl (C=O) groups excluding carboxylic acids is 2. The van der Waals surface area contributed by atoms with Gasteiger partial charge in [-0.3, -0.25) is 19.0 Å². The fraction of sp³-hybridized carbons (Fsp3) is 0.375. The van der Waals surface area contributed by atoms with E-state index in [1.54, 1.807) is 29.6 Å². The number of nitrogens with zero attached hydrogens (tertiary/aromatic N) is 2. The number of rotatable bonds is 7. The average Bonchev–Trinajstić information content (AvgIpc) is 2.63. The summed E-state index contributed by atoms with van der Waals surface area (Å²) >= 11 is 0.814. The number of nitrogens with one attached hydrogen (secondary N) is 1. The summed E-state index contributed by atoms with van der Waals surface area (Å²) in [6.07, 6.45) is -4.60. The van der Waals surface area contributed by atoms with Gasteiger partial charge in [0.05, 0.1) is 30.2 Å². The molecule has 146 valence electrons. The van der Waals surface area contributed by atoms with Crippen LogP contribution in [0.15, 0.2) is 34.2 Å². The van der Waals surface area contributed by atoms with E-state index in [1.807, 2.05) is 0 Å². The van der Waals surface area contributed by atoms with Gasteiger partial charge in [0.2, 0.25) is 5.91 Å². The van der Waals surface area contributed by atoms with E-state index in [1.165, 1.54) is 11.7 Å². The molecule has 11 heteroatoms. The normalized spacial score (nSPS) is 11.4. The van der Waals surface area contributed by atoms with Crippen molar-refractivity contribution in [3.63, 3.8) is 0 Å². The first-order chi connectivity index (χ1) is 12.7. The van der Waals surface area contributed by atoms with E-state index >= 15 is 0 Å². The van der Waals surface area contributed by atoms with Gasteiger partial charge in [-0.25, -0.2) is 4.98 Å². The Balaban J connectivity index is 2.23. The summed E-state index contributed by atoms with van der Waals surface area (Å²) in [5, 5.41) is 2.21. The number of esters is 1. The molecule has 1 aromatic carbocycles. The van der Waals surface area contributed by atoms with Crippen LogP contribution >= 0.6 is 11.8 Å². The largest absolute Gasteiger partial charge is 0.469 e. The maximum atomic E-state index is 12.7. The van der Waals surface area contributed by atoms with Crippen molar-refractivity contribution in [2.24, 2.45) is 0 Å². The molecule has 0 spiro atoms. The third-order valence-corrected chi connectivity index (χ3v) is 4.39. The van der Waals surface area contributed by atoms with Crippen molar-refractivity contribution in [3.8, 4) is 0 Å². The maximum Gasteiger partial charge on any atom is 0.405 e. The van der Waals surface area contributed by atoms with Gasteiger partial charge < -0.3 is 10.1 Å². The number of benzene rings is 1. The van der Waals surface area contributed by atoms with Crippen molar-refractivity contribution in [1.29, 1.82) is 0 Å². The number of hydrogen-bond donors (Lipinski definition) is 1. The molecule has 0 aliphatic heterocycles. The first kappa shape index (κ1) is 20.7. The summed E-state index contributed by atoms with van der Waals surface area (Å²) in [6, 6.07) is 6.52. The lowest BCUT2D eigenvalue weighted by Gasteiger charge is -2.13. The topological polar surface area (TPSA) is 90.3 Å². The molecule has 1 heterocycles. The monoisotopic (exact) mass is 403 g/mol. The molecule has 0 aliphatic carbocycles. The summed E-state index contributed by atoms with van der Waals surface area (Å²) in [5.74, 6) is -1.74. The molecule has 0 bridgehead atoms. The number of fused-ring (bicyclic) bond motifs is 1. The third-order valence-electron chi connectivity index (χ3n) is 3.41. The number of para-hydroxylation sites is 1. The Kier molecular flexibility index (Phi) is 6.83. The SMILES string of the molecule is COC(=O)CCn1c(SCC(=O)NCC(F)(F)F)nc2ccccc2c1=O. The van der Waals surface area contributed by atoms with Crippen molar-refractivity contribution in [3.05, 3.63) is 34.6 Å². The molecule has 0 atom stereocenters. The molecule has 2 rings (SSSR count). The molecule has 1 N–H and O–H groups in total. The number of ether oxygens (including phenoxy) is 1. The highest BCUT2D eigenvalue weighted by atomic mass is 32.2. The standard InChI is InChI=1S/C16H16F3N3O4S/c1-26-13(24)6-7-22-14(25)10-4-2-3-5-11(10)21-15(22)27-8-12(23)20-9-16(17,18)19/h2-5H,6-9H2,1H3,(H,20,23). The molecule has 0 radical (unpaired) electrons. The van der Waals surface area contributed by atoms with Crippen LogP contribution in [-0.2, 0) is 20.9 Å². The lowest BCUT2D eigenvalue weighted by Crippen LogP contribution is -2.35. The number of amides is 1. The number of carbonyl (C=O) groups is 2. The number of methoxy groups -OCH3 is 1. The predicted octanol–water partition coefficient (Wildman–Crippen LogP) is 1.73. The van der Waals surface area contributed by atoms with Crippen LogP contribution < -0.4 is 10.9 Å². The smallest absolute Gasteiger partial charge is 0.405 e. The Morgan fingerprint density at radius 3 is 2.67 bits per heavy atom. The van der Waals surface area contributed by atoms with E-state index in [4.69, 9.17) is 0 Å². The van der Waals surface area contributed by atoms with E-state index in [0.29, 0.717) is 10.9 Å². The van der Waals surface area contributed by atoms with E-state index in [-0.39, 0.29) is 23.9 Å². The molecule has 1 amide bonds. The lowest BCUT2D eigenvalue weighted by atomic mass is 10.2. The second-order valence-corrected chi connectivity index (χ2v) is 6.32. The Hall–Kier alpha value is -2.56. The maximum absolute atomic E-state index is 12.7. The Morgan fingerprint density at radius 1 is 1.30 bits per heavy atom. The van der Waals surface area contributed by atoms with Crippen molar-refractivity contribution >= 4 is 34.5 Å². The molecule has 0 aliphatic rings. The van der Waals surface area contributed by atoms with Crippen LogP contribution in [-0.4, -0.2) is 47.0 Å². The van der Waals surface area contributed by atoms with Crippen LogP contribution in [0.5, 0.6) is 0 Å². The fourth-order valence-corrected chi connectivity index (χ4v) is 3.00. The number of thioether (sulfide) groups is 1. The van der Waals surface area contributed by atoms with Gasteiger partial charge in [0.15, 0.2) is 5.16 Å². The summed E-state index contributed by atoms with van der Waals surface area (Å²) in [7, 11) is 1.21. The molecule has 1 aromatic heterocycles. The highest BCUT2D eigenvalue weighted by molar-refractivity contribution is 7.99. The summed E-state index contributed by atoms with van der Waals surface area (Å²) in [5.41, 5.74) is -0.0299. The van der Waals surface area contributed by atoms with Crippen LogP contribution in [0.4, 0.5) is 13.2 Å². The van der Waals surface area contributed by atoms with Crippen molar-refractivity contribution < 1.29 is 27.5 Å². The molecule has 0 saturated carbocycles. The zero-order valence-electron chi connectivity index (χ0n) is 14.2. The van der Waals surface area contributed by atoms with Gasteiger partial charge >= 0.3 is 12.1 Å². The zero-order chi connectivity index (χ0) is 20.0. The molecule has 2 aromatic rings. The molecule has 0 unspecified atom stereocenters. The quantitative estimate of drug-likeness (QED) is 0.430. The highest BCUT2D eigenvalue weighted by Crippen LogP contribution is 2.18. The van der Waals surface area contributed by atoms with Gasteiger partial charge in [-0.15, -0.1) is 0 Å². The van der Waals surface area contributed by atoms with Gasteiger partial charge in [0, 0.05) is 6.54 Å². The molecular weight excluding hydrogens is 387 g/mol. The summed E-state index contributed by atoms with van der Waals surface area (Å²) in [4.78, 5) is 39.9. The number of aromatic nitrogens is 2. The number of hydrogen-bond acceptors (Lipinski definition) is 6. The molecule has 0 fully saturated rings. The van der Waals surface area contributed by atoms with Crippen LogP contribution in [0.25, 0.3) is 10.9 Å². The first-order valence-electron chi connectivity index (χ1n) is 7.74. The Morgan fingerprint density at radius 2 is 2.00 bits per heavy atom. The fourth-order valence-electron chi connectivity index (χ4n) is 2.14. The number of alkyl halides is 3. The second-order valence-electron chi connectivity index (χ2n) is 5.38. The van der Waals surface area contributed by atoms with E-state index in [2.05, 4.69) is 9.72 Å². The van der Waals surface area contributed by atoms with Crippen molar-refractivity contribution in [2.75, 3.05) is 19.4 Å². The van der Waals surface area contributed by atoms with Gasteiger partial charge in [0.25, 0.3) is 5.56 Å². The summed E-state index contributed by atoms with van der Waals surface area (Å²) < 4.78 is 42.2. The third kappa shape index (κ3) is 5.98. The Bertz CT molecular complexity index is 899. The minimum atomic E-state index is -4.51. The molecule has 0 saturated heterocycles. The van der Waals surface area contributed by atoms with E-state index in [9.17, 15) is 27.6 Å². The minimum absolute atomic E-state index is 0.0319. The van der Waals surface area contributed by atoms with Crippen LogP contribution in [0.3, 0.4) is 0 Å². The highest BCUT2D eigenvalue weighted by Gasteiger charge is 2.27. The van der Waals surface area contributed by atoms with Gasteiger partial charge in [-0.05, 0) is 12.1 Å². The van der Waals surface area contributed by atoms with E-state index < -0.39 is 30.2 Å². The molecule has 7 nitrogen and oxygen atoms in total. The second kappa shape index (κ2) is 8.89. The molecule has 27 heavy (non-hydrogen) atoms. The van der Waals surface area contributed by atoms with Crippen molar-refractivity contribution in [1.82, 2.24) is 14.9 Å².